The number of nitrogens with two attached hydrogens (primary N) is 1. The van der Waals surface area contributed by atoms with E-state index in [9.17, 15) is 4.79 Å². The highest BCUT2D eigenvalue weighted by molar-refractivity contribution is 7.08. The van der Waals surface area contributed by atoms with Crippen molar-refractivity contribution >= 4 is 41.0 Å². The minimum Gasteiger partial charge on any atom is -0.454 e. The SMILES string of the molecule is Cc1ccc(Nc2nc(N)nc(COC(=O)/C=C/c3ccsc3)n2)cc1. The van der Waals surface area contributed by atoms with Crippen LogP contribution < -0.4 is 11.1 Å². The molecule has 0 atom stereocenters. The molecule has 0 saturated heterocycles. The van der Waals surface area contributed by atoms with Gasteiger partial charge in [0.2, 0.25) is 11.9 Å². The highest BCUT2D eigenvalue weighted by atomic mass is 32.1. The van der Waals surface area contributed by atoms with Crippen molar-refractivity contribution in [1.82, 2.24) is 15.0 Å². The number of thiophene rings is 1. The van der Waals surface area contributed by atoms with Gasteiger partial charge in [0.05, 0.1) is 0 Å². The third-order valence-corrected chi connectivity index (χ3v) is 4.01. The maximum atomic E-state index is 11.8. The second kappa shape index (κ2) is 8.21. The lowest BCUT2D eigenvalue weighted by Crippen LogP contribution is -2.10. The number of aryl methyl sites for hydroxylation is 1. The van der Waals surface area contributed by atoms with Crippen LogP contribution in [0.1, 0.15) is 17.0 Å². The average molecular weight is 367 g/mol. The molecule has 2 heterocycles. The van der Waals surface area contributed by atoms with Crippen LogP contribution >= 0.6 is 11.3 Å². The minimum atomic E-state index is -0.483. The van der Waals surface area contributed by atoms with Crippen LogP contribution in [0.5, 0.6) is 0 Å². The van der Waals surface area contributed by atoms with Crippen LogP contribution in [0.4, 0.5) is 17.6 Å². The molecule has 0 radical (unpaired) electrons. The highest BCUT2D eigenvalue weighted by Crippen LogP contribution is 2.14. The van der Waals surface area contributed by atoms with E-state index >= 15 is 0 Å². The zero-order valence-electron chi connectivity index (χ0n) is 14.0. The Hall–Kier alpha value is -3.26. The number of anilines is 3. The van der Waals surface area contributed by atoms with Crippen molar-refractivity contribution in [3.8, 4) is 0 Å². The van der Waals surface area contributed by atoms with Crippen molar-refractivity contribution < 1.29 is 9.53 Å². The number of nitrogens with zero attached hydrogens (tertiary/aromatic N) is 3. The van der Waals surface area contributed by atoms with Crippen LogP contribution in [-0.4, -0.2) is 20.9 Å². The molecule has 0 unspecified atom stereocenters. The fourth-order valence-electron chi connectivity index (χ4n) is 2.04. The standard InChI is InChI=1S/C18H17N5O2S/c1-12-2-5-14(6-3-12)20-18-22-15(21-17(19)23-18)10-25-16(24)7-4-13-8-9-26-11-13/h2-9,11H,10H2,1H3,(H3,19,20,21,22,23)/b7-4+. The van der Waals surface area contributed by atoms with Crippen molar-refractivity contribution in [2.75, 3.05) is 11.1 Å². The van der Waals surface area contributed by atoms with Gasteiger partial charge in [-0.1, -0.05) is 17.7 Å². The van der Waals surface area contributed by atoms with Crippen LogP contribution in [0, 0.1) is 6.92 Å². The van der Waals surface area contributed by atoms with Crippen molar-refractivity contribution in [3.63, 3.8) is 0 Å². The number of hydrogen-bond donors (Lipinski definition) is 2. The van der Waals surface area contributed by atoms with E-state index in [-0.39, 0.29) is 18.4 Å². The Kier molecular flexibility index (Phi) is 5.55. The summed E-state index contributed by atoms with van der Waals surface area (Å²) in [6.45, 7) is 1.91. The number of aromatic nitrogens is 3. The van der Waals surface area contributed by atoms with Crippen LogP contribution in [0.3, 0.4) is 0 Å². The smallest absolute Gasteiger partial charge is 0.331 e. The van der Waals surface area contributed by atoms with Gasteiger partial charge in [-0.15, -0.1) is 0 Å². The van der Waals surface area contributed by atoms with E-state index in [1.807, 2.05) is 48.0 Å². The van der Waals surface area contributed by atoms with Gasteiger partial charge >= 0.3 is 5.97 Å². The largest absolute Gasteiger partial charge is 0.454 e. The van der Waals surface area contributed by atoms with Gasteiger partial charge in [0.15, 0.2) is 12.4 Å². The first-order chi connectivity index (χ1) is 12.6. The molecule has 26 heavy (non-hydrogen) atoms. The second-order valence-electron chi connectivity index (χ2n) is 5.42. The molecule has 3 rings (SSSR count). The quantitative estimate of drug-likeness (QED) is 0.509. The van der Waals surface area contributed by atoms with Crippen molar-refractivity contribution in [1.29, 1.82) is 0 Å². The number of carbonyl (C=O) groups excluding carboxylic acids is 1. The Morgan fingerprint density at radius 2 is 2.04 bits per heavy atom. The van der Waals surface area contributed by atoms with Crippen LogP contribution in [0.2, 0.25) is 0 Å². The van der Waals surface area contributed by atoms with Gasteiger partial charge in [-0.05, 0) is 47.5 Å². The second-order valence-corrected chi connectivity index (χ2v) is 6.20. The number of nitrogens with one attached hydrogen (secondary N) is 1. The van der Waals surface area contributed by atoms with Gasteiger partial charge in [0, 0.05) is 11.8 Å². The van der Waals surface area contributed by atoms with E-state index < -0.39 is 5.97 Å². The maximum Gasteiger partial charge on any atom is 0.331 e. The van der Waals surface area contributed by atoms with E-state index in [2.05, 4.69) is 20.3 Å². The summed E-state index contributed by atoms with van der Waals surface area (Å²) < 4.78 is 5.14. The molecule has 3 aromatic rings. The van der Waals surface area contributed by atoms with Crippen LogP contribution in [-0.2, 0) is 16.1 Å². The number of benzene rings is 1. The zero-order valence-corrected chi connectivity index (χ0v) is 14.9. The van der Waals surface area contributed by atoms with Crippen LogP contribution in [0.25, 0.3) is 6.08 Å². The summed E-state index contributed by atoms with van der Waals surface area (Å²) in [5.41, 5.74) is 8.63. The fraction of sp³-hybridized carbons (Fsp3) is 0.111. The van der Waals surface area contributed by atoms with E-state index in [0.29, 0.717) is 5.95 Å². The number of hydrogen-bond acceptors (Lipinski definition) is 8. The van der Waals surface area contributed by atoms with Crippen molar-refractivity contribution in [3.05, 3.63) is 64.1 Å². The van der Waals surface area contributed by atoms with Crippen molar-refractivity contribution in [2.45, 2.75) is 13.5 Å². The number of esters is 1. The Bertz CT molecular complexity index is 908. The van der Waals surface area contributed by atoms with Gasteiger partial charge in [-0.3, -0.25) is 0 Å². The highest BCUT2D eigenvalue weighted by Gasteiger charge is 2.07. The number of rotatable bonds is 6. The molecule has 0 amide bonds. The van der Waals surface area contributed by atoms with E-state index in [1.165, 1.54) is 6.08 Å². The zero-order chi connectivity index (χ0) is 18.4. The van der Waals surface area contributed by atoms with E-state index in [4.69, 9.17) is 10.5 Å². The first-order valence-corrected chi connectivity index (χ1v) is 8.74. The molecule has 7 nitrogen and oxygen atoms in total. The molecular formula is C18H17N5O2S. The molecule has 2 aromatic heterocycles. The monoisotopic (exact) mass is 367 g/mol. The summed E-state index contributed by atoms with van der Waals surface area (Å²) in [5, 5.41) is 6.91. The molecule has 0 spiro atoms. The lowest BCUT2D eigenvalue weighted by atomic mass is 10.2. The Morgan fingerprint density at radius 1 is 1.23 bits per heavy atom. The molecule has 0 aliphatic heterocycles. The summed E-state index contributed by atoms with van der Waals surface area (Å²) in [7, 11) is 0. The van der Waals surface area contributed by atoms with Crippen LogP contribution in [0.15, 0.2) is 47.2 Å². The summed E-state index contributed by atoms with van der Waals surface area (Å²) in [5.74, 6) is 0.128. The normalized spacial score (nSPS) is 10.8. The summed E-state index contributed by atoms with van der Waals surface area (Å²) >= 11 is 1.55. The predicted molar refractivity (Wildman–Crippen MR) is 102 cm³/mol. The molecule has 3 N–H and O–H groups in total. The first kappa shape index (κ1) is 17.6. The molecule has 0 aliphatic rings. The van der Waals surface area contributed by atoms with Gasteiger partial charge < -0.3 is 15.8 Å². The lowest BCUT2D eigenvalue weighted by Gasteiger charge is -2.07. The molecule has 0 bridgehead atoms. The lowest BCUT2D eigenvalue weighted by molar-refractivity contribution is -0.139. The molecule has 0 aliphatic carbocycles. The molecule has 1 aromatic carbocycles. The van der Waals surface area contributed by atoms with Gasteiger partial charge in [-0.25, -0.2) is 4.79 Å². The first-order valence-electron chi connectivity index (χ1n) is 7.79. The number of ether oxygens (including phenoxy) is 1. The Labute approximate surface area is 154 Å². The average Bonchev–Trinajstić information content (AvgIpc) is 3.13. The number of nitrogen functional groups attached to an aromatic ring is 1. The Morgan fingerprint density at radius 3 is 2.77 bits per heavy atom. The molecule has 0 saturated carbocycles. The molecule has 132 valence electrons. The molecule has 8 heteroatoms. The van der Waals surface area contributed by atoms with Gasteiger partial charge in [0.1, 0.15) is 0 Å². The summed E-state index contributed by atoms with van der Waals surface area (Å²) in [6, 6.07) is 9.66. The maximum absolute atomic E-state index is 11.8. The van der Waals surface area contributed by atoms with Crippen molar-refractivity contribution in [2.24, 2.45) is 0 Å². The Balaban J connectivity index is 1.62. The van der Waals surface area contributed by atoms with E-state index in [0.717, 1.165) is 16.8 Å². The van der Waals surface area contributed by atoms with Gasteiger partial charge in [0.25, 0.3) is 0 Å². The summed E-state index contributed by atoms with van der Waals surface area (Å²) in [6.07, 6.45) is 3.04. The topological polar surface area (TPSA) is 103 Å². The van der Waals surface area contributed by atoms with Gasteiger partial charge in [-0.2, -0.15) is 26.3 Å². The predicted octanol–water partition coefficient (Wildman–Crippen LogP) is 3.32. The fourth-order valence-corrected chi connectivity index (χ4v) is 2.67. The molecule has 0 fully saturated rings. The number of carbonyl (C=O) groups is 1. The summed E-state index contributed by atoms with van der Waals surface area (Å²) in [4.78, 5) is 24.0. The third kappa shape index (κ3) is 5.12. The third-order valence-electron chi connectivity index (χ3n) is 3.31. The minimum absolute atomic E-state index is 0.0504. The molecular weight excluding hydrogens is 350 g/mol. The van der Waals surface area contributed by atoms with E-state index in [1.54, 1.807) is 17.4 Å².